The summed E-state index contributed by atoms with van der Waals surface area (Å²) in [6, 6.07) is 9.17. The fourth-order valence-electron chi connectivity index (χ4n) is 2.36. The Morgan fingerprint density at radius 3 is 2.65 bits per heavy atom. The molecule has 1 atom stereocenters. The van der Waals surface area contributed by atoms with E-state index in [0.717, 1.165) is 5.69 Å². The Balaban J connectivity index is 0.00000200. The number of hydrogen-bond acceptors (Lipinski definition) is 3. The summed E-state index contributed by atoms with van der Waals surface area (Å²) in [5.41, 5.74) is 6.26. The fraction of sp³-hybridized carbons (Fsp3) is 0.429. The Hall–Kier alpha value is -1.59. The molecule has 1 aliphatic rings. The number of para-hydroxylation sites is 1. The van der Waals surface area contributed by atoms with Crippen LogP contribution >= 0.6 is 12.4 Å². The third-order valence-corrected chi connectivity index (χ3v) is 3.46. The highest BCUT2D eigenvalue weighted by molar-refractivity contribution is 6.01. The van der Waals surface area contributed by atoms with E-state index < -0.39 is 0 Å². The van der Waals surface area contributed by atoms with Crippen LogP contribution in [0, 0.1) is 0 Å². The van der Waals surface area contributed by atoms with Gasteiger partial charge in [0.1, 0.15) is 6.04 Å². The van der Waals surface area contributed by atoms with Gasteiger partial charge in [0, 0.05) is 32.2 Å². The van der Waals surface area contributed by atoms with Crippen LogP contribution in [0.1, 0.15) is 12.8 Å². The zero-order chi connectivity index (χ0) is 13.8. The van der Waals surface area contributed by atoms with Gasteiger partial charge in [-0.15, -0.1) is 12.4 Å². The van der Waals surface area contributed by atoms with Crippen molar-refractivity contribution in [3.8, 4) is 0 Å². The monoisotopic (exact) mass is 297 g/mol. The molecule has 2 rings (SSSR count). The number of benzene rings is 1. The molecule has 0 aliphatic carbocycles. The summed E-state index contributed by atoms with van der Waals surface area (Å²) >= 11 is 0. The highest BCUT2D eigenvalue weighted by Crippen LogP contribution is 2.23. The standard InChI is InChI=1S/C14H19N3O2.ClH/c1-16(13(18)7-9-15)12-8-10-17(14(12)19)11-5-3-2-4-6-11;/h2-6,12H,7-10,15H2,1H3;1H. The summed E-state index contributed by atoms with van der Waals surface area (Å²) in [6.07, 6.45) is 0.951. The van der Waals surface area contributed by atoms with E-state index in [-0.39, 0.29) is 36.7 Å². The van der Waals surface area contributed by atoms with Crippen LogP contribution < -0.4 is 10.6 Å². The topological polar surface area (TPSA) is 66.6 Å². The number of rotatable bonds is 4. The average Bonchev–Trinajstić information content (AvgIpc) is 2.81. The molecule has 1 heterocycles. The zero-order valence-corrected chi connectivity index (χ0v) is 12.3. The highest BCUT2D eigenvalue weighted by Gasteiger charge is 2.36. The van der Waals surface area contributed by atoms with Gasteiger partial charge in [0.05, 0.1) is 0 Å². The van der Waals surface area contributed by atoms with Gasteiger partial charge in [-0.2, -0.15) is 0 Å². The SMILES string of the molecule is CN(C(=O)CCN)C1CCN(c2ccccc2)C1=O.Cl. The molecule has 1 fully saturated rings. The molecule has 1 aliphatic heterocycles. The molecule has 20 heavy (non-hydrogen) atoms. The third-order valence-electron chi connectivity index (χ3n) is 3.46. The first-order valence-corrected chi connectivity index (χ1v) is 6.47. The minimum absolute atomic E-state index is 0. The maximum absolute atomic E-state index is 12.4. The van der Waals surface area contributed by atoms with Crippen molar-refractivity contribution < 1.29 is 9.59 Å². The second-order valence-corrected chi connectivity index (χ2v) is 4.67. The molecule has 0 aromatic heterocycles. The van der Waals surface area contributed by atoms with E-state index in [1.54, 1.807) is 11.9 Å². The summed E-state index contributed by atoms with van der Waals surface area (Å²) in [6.45, 7) is 0.959. The molecule has 110 valence electrons. The lowest BCUT2D eigenvalue weighted by Crippen LogP contribution is -2.43. The van der Waals surface area contributed by atoms with Crippen LogP contribution in [0.5, 0.6) is 0 Å². The van der Waals surface area contributed by atoms with Crippen LogP contribution in [0.25, 0.3) is 0 Å². The van der Waals surface area contributed by atoms with Gasteiger partial charge in [-0.3, -0.25) is 9.59 Å². The molecule has 0 saturated carbocycles. The number of carbonyl (C=O) groups is 2. The Kier molecular flexibility index (Phi) is 5.98. The molecule has 5 nitrogen and oxygen atoms in total. The van der Waals surface area contributed by atoms with Gasteiger partial charge in [-0.25, -0.2) is 0 Å². The van der Waals surface area contributed by atoms with Gasteiger partial charge in [-0.05, 0) is 18.6 Å². The van der Waals surface area contributed by atoms with E-state index in [9.17, 15) is 9.59 Å². The summed E-state index contributed by atoms with van der Waals surface area (Å²) in [5.74, 6) is -0.0881. The third kappa shape index (κ3) is 3.29. The number of amides is 2. The van der Waals surface area contributed by atoms with Crippen LogP contribution in [0.2, 0.25) is 0 Å². The van der Waals surface area contributed by atoms with E-state index in [1.165, 1.54) is 4.90 Å². The van der Waals surface area contributed by atoms with E-state index in [1.807, 2.05) is 30.3 Å². The molecular weight excluding hydrogens is 278 g/mol. The van der Waals surface area contributed by atoms with Crippen molar-refractivity contribution in [2.75, 3.05) is 25.0 Å². The van der Waals surface area contributed by atoms with Crippen molar-refractivity contribution in [1.29, 1.82) is 0 Å². The van der Waals surface area contributed by atoms with Gasteiger partial charge in [0.25, 0.3) is 0 Å². The molecule has 1 aromatic carbocycles. The number of hydrogen-bond donors (Lipinski definition) is 1. The number of carbonyl (C=O) groups excluding carboxylic acids is 2. The first-order chi connectivity index (χ1) is 9.15. The van der Waals surface area contributed by atoms with Gasteiger partial charge in [0.2, 0.25) is 11.8 Å². The molecule has 2 N–H and O–H groups in total. The van der Waals surface area contributed by atoms with Gasteiger partial charge in [-0.1, -0.05) is 18.2 Å². The smallest absolute Gasteiger partial charge is 0.249 e. The lowest BCUT2D eigenvalue weighted by molar-refractivity contribution is -0.136. The Morgan fingerprint density at radius 2 is 2.05 bits per heavy atom. The molecule has 0 radical (unpaired) electrons. The van der Waals surface area contributed by atoms with Gasteiger partial charge < -0.3 is 15.5 Å². The van der Waals surface area contributed by atoms with Crippen LogP contribution in [-0.4, -0.2) is 42.9 Å². The lowest BCUT2D eigenvalue weighted by Gasteiger charge is -2.24. The van der Waals surface area contributed by atoms with E-state index in [2.05, 4.69) is 0 Å². The second kappa shape index (κ2) is 7.26. The predicted molar refractivity (Wildman–Crippen MR) is 80.9 cm³/mol. The van der Waals surface area contributed by atoms with E-state index in [0.29, 0.717) is 19.5 Å². The number of likely N-dealkylation sites (N-methyl/N-ethyl adjacent to an activating group) is 1. The van der Waals surface area contributed by atoms with Gasteiger partial charge in [0.15, 0.2) is 0 Å². The molecule has 1 unspecified atom stereocenters. The molecule has 0 bridgehead atoms. The second-order valence-electron chi connectivity index (χ2n) is 4.67. The van der Waals surface area contributed by atoms with E-state index in [4.69, 9.17) is 5.73 Å². The number of anilines is 1. The largest absolute Gasteiger partial charge is 0.334 e. The predicted octanol–water partition coefficient (Wildman–Crippen LogP) is 1.02. The highest BCUT2D eigenvalue weighted by atomic mass is 35.5. The number of nitrogens with zero attached hydrogens (tertiary/aromatic N) is 2. The van der Waals surface area contributed by atoms with Crippen LogP contribution in [0.4, 0.5) is 5.69 Å². The molecule has 0 spiro atoms. The maximum atomic E-state index is 12.4. The van der Waals surface area contributed by atoms with Crippen molar-refractivity contribution in [3.63, 3.8) is 0 Å². The first-order valence-electron chi connectivity index (χ1n) is 6.47. The first kappa shape index (κ1) is 16.5. The number of nitrogens with two attached hydrogens (primary N) is 1. The molecule has 1 aromatic rings. The molecule has 1 saturated heterocycles. The number of halogens is 1. The van der Waals surface area contributed by atoms with E-state index >= 15 is 0 Å². The molecular formula is C14H20ClN3O2. The van der Waals surface area contributed by atoms with Gasteiger partial charge >= 0.3 is 0 Å². The summed E-state index contributed by atoms with van der Waals surface area (Å²) in [7, 11) is 1.68. The van der Waals surface area contributed by atoms with Crippen molar-refractivity contribution >= 4 is 29.9 Å². The lowest BCUT2D eigenvalue weighted by atomic mass is 10.2. The van der Waals surface area contributed by atoms with Crippen LogP contribution in [0.15, 0.2) is 30.3 Å². The van der Waals surface area contributed by atoms with Crippen molar-refractivity contribution in [2.24, 2.45) is 5.73 Å². The minimum Gasteiger partial charge on any atom is -0.334 e. The minimum atomic E-state index is -0.362. The van der Waals surface area contributed by atoms with Crippen molar-refractivity contribution in [3.05, 3.63) is 30.3 Å². The van der Waals surface area contributed by atoms with Crippen molar-refractivity contribution in [1.82, 2.24) is 4.90 Å². The zero-order valence-electron chi connectivity index (χ0n) is 11.5. The van der Waals surface area contributed by atoms with Crippen LogP contribution in [0.3, 0.4) is 0 Å². The molecule has 2 amide bonds. The normalized spacial score (nSPS) is 17.8. The Labute approximate surface area is 125 Å². The Morgan fingerprint density at radius 1 is 1.40 bits per heavy atom. The maximum Gasteiger partial charge on any atom is 0.249 e. The average molecular weight is 298 g/mol. The summed E-state index contributed by atoms with van der Waals surface area (Å²) in [4.78, 5) is 27.4. The molecule has 6 heteroatoms. The Bertz CT molecular complexity index is 467. The summed E-state index contributed by atoms with van der Waals surface area (Å²) < 4.78 is 0. The summed E-state index contributed by atoms with van der Waals surface area (Å²) in [5, 5.41) is 0. The fourth-order valence-corrected chi connectivity index (χ4v) is 2.36. The van der Waals surface area contributed by atoms with Crippen LogP contribution in [-0.2, 0) is 9.59 Å². The quantitative estimate of drug-likeness (QED) is 0.902. The van der Waals surface area contributed by atoms with Crippen molar-refractivity contribution in [2.45, 2.75) is 18.9 Å².